The van der Waals surface area contributed by atoms with Gasteiger partial charge < -0.3 is 4.74 Å². The molecule has 0 aliphatic rings. The summed E-state index contributed by atoms with van der Waals surface area (Å²) in [5.74, 6) is 5.28. The topological polar surface area (TPSA) is 39.2 Å². The van der Waals surface area contributed by atoms with Crippen molar-refractivity contribution in [3.63, 3.8) is 0 Å². The number of rotatable bonds is 2. The van der Waals surface area contributed by atoms with Gasteiger partial charge in [-0.2, -0.15) is 0 Å². The number of nitrogens with zero attached hydrogens (tertiary/aromatic N) is 1. The van der Waals surface area contributed by atoms with Gasteiger partial charge in [0.05, 0.1) is 10.6 Å². The van der Waals surface area contributed by atoms with Crippen LogP contribution in [0.4, 0.5) is 0 Å². The van der Waals surface area contributed by atoms with Crippen molar-refractivity contribution in [2.45, 2.75) is 0 Å². The third-order valence-electron chi connectivity index (χ3n) is 3.27. The minimum atomic E-state index is -0.407. The van der Waals surface area contributed by atoms with Crippen molar-refractivity contribution in [3.8, 4) is 11.8 Å². The fourth-order valence-electron chi connectivity index (χ4n) is 2.17. The molecule has 0 bridgehead atoms. The molecule has 0 radical (unpaired) electrons. The minimum Gasteiger partial charge on any atom is -0.449 e. The van der Waals surface area contributed by atoms with Crippen LogP contribution in [0.5, 0.6) is 0 Å². The van der Waals surface area contributed by atoms with Crippen molar-refractivity contribution in [3.05, 3.63) is 77.1 Å². The van der Waals surface area contributed by atoms with Crippen molar-refractivity contribution in [2.75, 3.05) is 6.61 Å². The summed E-state index contributed by atoms with van der Waals surface area (Å²) in [6.07, 6.45) is 3.36. The molecule has 112 valence electrons. The van der Waals surface area contributed by atoms with Gasteiger partial charge in [0.1, 0.15) is 0 Å². The van der Waals surface area contributed by atoms with Gasteiger partial charge >= 0.3 is 5.97 Å². The molecule has 23 heavy (non-hydrogen) atoms. The molecule has 0 atom stereocenters. The summed E-state index contributed by atoms with van der Waals surface area (Å²) in [7, 11) is 0. The van der Waals surface area contributed by atoms with E-state index in [2.05, 4.69) is 16.8 Å². The zero-order chi connectivity index (χ0) is 16.1. The van der Waals surface area contributed by atoms with Crippen LogP contribution in [0, 0.1) is 11.8 Å². The second-order valence-electron chi connectivity index (χ2n) is 4.76. The quantitative estimate of drug-likeness (QED) is 0.527. The van der Waals surface area contributed by atoms with Crippen LogP contribution in [0.3, 0.4) is 0 Å². The predicted octanol–water partition coefficient (Wildman–Crippen LogP) is 4.10. The van der Waals surface area contributed by atoms with E-state index in [0.29, 0.717) is 16.1 Å². The van der Waals surface area contributed by atoms with Crippen molar-refractivity contribution < 1.29 is 9.53 Å². The van der Waals surface area contributed by atoms with E-state index in [1.807, 2.05) is 24.3 Å². The Labute approximate surface area is 138 Å². The van der Waals surface area contributed by atoms with Crippen LogP contribution in [0.15, 0.2) is 60.9 Å². The highest BCUT2D eigenvalue weighted by Crippen LogP contribution is 2.18. The fraction of sp³-hybridized carbons (Fsp3) is 0.0526. The smallest absolute Gasteiger partial charge is 0.339 e. The van der Waals surface area contributed by atoms with Crippen LogP contribution >= 0.6 is 11.6 Å². The van der Waals surface area contributed by atoms with E-state index in [0.717, 1.165) is 10.8 Å². The molecule has 0 aliphatic carbocycles. The van der Waals surface area contributed by atoms with Crippen LogP contribution in [0.1, 0.15) is 15.9 Å². The summed E-state index contributed by atoms with van der Waals surface area (Å²) in [5, 5.41) is 2.28. The molecule has 1 aromatic heterocycles. The molecule has 3 rings (SSSR count). The predicted molar refractivity (Wildman–Crippen MR) is 90.4 cm³/mol. The van der Waals surface area contributed by atoms with Crippen molar-refractivity contribution in [2.24, 2.45) is 0 Å². The largest absolute Gasteiger partial charge is 0.449 e. The number of ether oxygens (including phenoxy) is 1. The molecule has 0 spiro atoms. The van der Waals surface area contributed by atoms with Crippen molar-refractivity contribution in [1.82, 2.24) is 4.98 Å². The maximum atomic E-state index is 12.2. The number of hydrogen-bond donors (Lipinski definition) is 0. The molecule has 0 saturated heterocycles. The number of carbonyl (C=O) groups is 1. The Morgan fingerprint density at radius 1 is 1.13 bits per heavy atom. The zero-order valence-electron chi connectivity index (χ0n) is 12.1. The molecule has 0 N–H and O–H groups in total. The average Bonchev–Trinajstić information content (AvgIpc) is 2.59. The highest BCUT2D eigenvalue weighted by Gasteiger charge is 2.10. The number of pyridine rings is 1. The molecule has 4 heteroatoms. The monoisotopic (exact) mass is 321 g/mol. The fourth-order valence-corrected chi connectivity index (χ4v) is 2.36. The number of carbonyl (C=O) groups excluding carboxylic acids is 1. The van der Waals surface area contributed by atoms with Gasteiger partial charge in [-0.1, -0.05) is 47.7 Å². The lowest BCUT2D eigenvalue weighted by Gasteiger charge is -2.04. The van der Waals surface area contributed by atoms with E-state index in [1.165, 1.54) is 0 Å². The van der Waals surface area contributed by atoms with Crippen molar-refractivity contribution >= 4 is 28.3 Å². The molecule has 0 fully saturated rings. The zero-order valence-corrected chi connectivity index (χ0v) is 12.9. The molecule has 0 saturated carbocycles. The Bertz CT molecular complexity index is 920. The molecule has 2 aromatic carbocycles. The van der Waals surface area contributed by atoms with Crippen LogP contribution in [-0.4, -0.2) is 17.6 Å². The Balaban J connectivity index is 1.72. The summed E-state index contributed by atoms with van der Waals surface area (Å²) >= 11 is 6.01. The summed E-state index contributed by atoms with van der Waals surface area (Å²) in [6.45, 7) is 0.00548. The molecule has 1 heterocycles. The summed E-state index contributed by atoms with van der Waals surface area (Å²) in [5.41, 5.74) is 1.21. The third-order valence-corrected chi connectivity index (χ3v) is 3.60. The highest BCUT2D eigenvalue weighted by atomic mass is 35.5. The van der Waals surface area contributed by atoms with E-state index in [4.69, 9.17) is 16.3 Å². The van der Waals surface area contributed by atoms with Gasteiger partial charge in [-0.15, -0.1) is 0 Å². The summed E-state index contributed by atoms with van der Waals surface area (Å²) in [6, 6.07) is 14.5. The van der Waals surface area contributed by atoms with Gasteiger partial charge in [0.2, 0.25) is 0 Å². The second-order valence-corrected chi connectivity index (χ2v) is 5.17. The lowest BCUT2D eigenvalue weighted by molar-refractivity contribution is 0.0559. The third kappa shape index (κ3) is 3.50. The standard InChI is InChI=1S/C19H12ClNO2/c20-18-9-2-1-5-14(18)7-4-12-23-19(22)17-8-3-6-15-13-21-11-10-16(15)17/h1-3,5-6,8-11,13H,12H2. The van der Waals surface area contributed by atoms with E-state index < -0.39 is 5.97 Å². The van der Waals surface area contributed by atoms with Gasteiger partial charge in [-0.05, 0) is 29.7 Å². The van der Waals surface area contributed by atoms with Gasteiger partial charge in [0.15, 0.2) is 6.61 Å². The first-order valence-electron chi connectivity index (χ1n) is 6.99. The number of benzene rings is 2. The molecule has 0 aliphatic heterocycles. The lowest BCUT2D eigenvalue weighted by atomic mass is 10.1. The van der Waals surface area contributed by atoms with Gasteiger partial charge in [0.25, 0.3) is 0 Å². The number of esters is 1. The lowest BCUT2D eigenvalue weighted by Crippen LogP contribution is -2.06. The highest BCUT2D eigenvalue weighted by molar-refractivity contribution is 6.31. The van der Waals surface area contributed by atoms with Gasteiger partial charge in [-0.3, -0.25) is 4.98 Å². The normalized spacial score (nSPS) is 9.96. The first kappa shape index (κ1) is 15.1. The first-order chi connectivity index (χ1) is 11.3. The molecular formula is C19H12ClNO2. The summed E-state index contributed by atoms with van der Waals surface area (Å²) in [4.78, 5) is 16.2. The Morgan fingerprint density at radius 3 is 2.87 bits per heavy atom. The number of aromatic nitrogens is 1. The van der Waals surface area contributed by atoms with Crippen LogP contribution in [0.2, 0.25) is 5.02 Å². The van der Waals surface area contributed by atoms with E-state index in [9.17, 15) is 4.79 Å². The average molecular weight is 322 g/mol. The van der Waals surface area contributed by atoms with Crippen molar-refractivity contribution in [1.29, 1.82) is 0 Å². The maximum absolute atomic E-state index is 12.2. The van der Waals surface area contributed by atoms with E-state index in [1.54, 1.807) is 36.7 Å². The van der Waals surface area contributed by atoms with Gasteiger partial charge in [-0.25, -0.2) is 4.79 Å². The summed E-state index contributed by atoms with van der Waals surface area (Å²) < 4.78 is 5.22. The first-order valence-corrected chi connectivity index (χ1v) is 7.37. The van der Waals surface area contributed by atoms with Crippen LogP contribution in [-0.2, 0) is 4.74 Å². The molecule has 0 amide bonds. The molecular weight excluding hydrogens is 310 g/mol. The molecule has 3 nitrogen and oxygen atoms in total. The minimum absolute atomic E-state index is 0.00548. The molecule has 3 aromatic rings. The van der Waals surface area contributed by atoms with Crippen LogP contribution < -0.4 is 0 Å². The Hall–Kier alpha value is -2.83. The Morgan fingerprint density at radius 2 is 2.00 bits per heavy atom. The van der Waals surface area contributed by atoms with E-state index in [-0.39, 0.29) is 6.61 Å². The number of hydrogen-bond acceptors (Lipinski definition) is 3. The second kappa shape index (κ2) is 6.95. The molecule has 0 unspecified atom stereocenters. The SMILES string of the molecule is O=C(OCC#Cc1ccccc1Cl)c1cccc2cnccc12. The Kier molecular flexibility index (Phi) is 4.56. The number of halogens is 1. The maximum Gasteiger partial charge on any atom is 0.339 e. The van der Waals surface area contributed by atoms with Crippen LogP contribution in [0.25, 0.3) is 10.8 Å². The number of fused-ring (bicyclic) bond motifs is 1. The van der Waals surface area contributed by atoms with Gasteiger partial charge in [0, 0.05) is 23.3 Å². The van der Waals surface area contributed by atoms with E-state index >= 15 is 0 Å².